The van der Waals surface area contributed by atoms with E-state index in [0.717, 1.165) is 30.6 Å². The molecule has 146 valence electrons. The molecule has 0 saturated heterocycles. The predicted molar refractivity (Wildman–Crippen MR) is 111 cm³/mol. The number of allylic oxidation sites excluding steroid dienone is 2. The van der Waals surface area contributed by atoms with Crippen LogP contribution in [0.4, 0.5) is 5.69 Å². The highest BCUT2D eigenvalue weighted by atomic mass is 32.1. The minimum Gasteiger partial charge on any atom is -0.477 e. The van der Waals surface area contributed by atoms with E-state index >= 15 is 0 Å². The van der Waals surface area contributed by atoms with E-state index < -0.39 is 5.97 Å². The molecule has 1 atom stereocenters. The molecular formula is C22H29NO3S. The zero-order chi connectivity index (χ0) is 20.4. The quantitative estimate of drug-likeness (QED) is 0.561. The summed E-state index contributed by atoms with van der Waals surface area (Å²) in [4.78, 5) is 27.5. The van der Waals surface area contributed by atoms with Crippen LogP contribution in [-0.4, -0.2) is 23.0 Å². The standard InChI is InChI=1S/C22H29NO3S/c1-14(2)23(20(24)16-9-7-15(3)8-10-16)18-13-17(11-12-22(4,5)6)27-19(18)21(25)26/h7,13-14,16H,8-10H2,1-6H3,(H,25,26). The fraction of sp³-hybridized carbons (Fsp3) is 0.545. The molecule has 0 radical (unpaired) electrons. The molecule has 1 N–H and O–H groups in total. The van der Waals surface area contributed by atoms with E-state index in [9.17, 15) is 14.7 Å². The van der Waals surface area contributed by atoms with Crippen LogP contribution in [0.15, 0.2) is 17.7 Å². The molecule has 1 amide bonds. The Balaban J connectivity index is 2.43. The average Bonchev–Trinajstić information content (AvgIpc) is 2.97. The van der Waals surface area contributed by atoms with Gasteiger partial charge in [0.2, 0.25) is 5.91 Å². The van der Waals surface area contributed by atoms with Crippen LogP contribution in [0.3, 0.4) is 0 Å². The SMILES string of the molecule is CC1=CCC(C(=O)N(c2cc(C#CC(C)(C)C)sc2C(=O)O)C(C)C)CC1. The summed E-state index contributed by atoms with van der Waals surface area (Å²) in [6.07, 6.45) is 4.57. The molecule has 1 aliphatic carbocycles. The van der Waals surface area contributed by atoms with Crippen LogP contribution in [0.2, 0.25) is 0 Å². The van der Waals surface area contributed by atoms with Crippen LogP contribution >= 0.6 is 11.3 Å². The number of rotatable bonds is 4. The van der Waals surface area contributed by atoms with E-state index in [1.165, 1.54) is 5.57 Å². The van der Waals surface area contributed by atoms with E-state index in [1.807, 2.05) is 34.6 Å². The van der Waals surface area contributed by atoms with Gasteiger partial charge in [0.1, 0.15) is 4.88 Å². The van der Waals surface area contributed by atoms with Crippen LogP contribution in [0.25, 0.3) is 0 Å². The summed E-state index contributed by atoms with van der Waals surface area (Å²) >= 11 is 1.14. The van der Waals surface area contributed by atoms with Gasteiger partial charge in [-0.15, -0.1) is 11.3 Å². The summed E-state index contributed by atoms with van der Waals surface area (Å²) in [5, 5.41) is 9.68. The first-order valence-electron chi connectivity index (χ1n) is 9.38. The largest absolute Gasteiger partial charge is 0.477 e. The third kappa shape index (κ3) is 5.46. The van der Waals surface area contributed by atoms with E-state index in [2.05, 4.69) is 24.8 Å². The Bertz CT molecular complexity index is 815. The lowest BCUT2D eigenvalue weighted by Crippen LogP contribution is -2.42. The minimum atomic E-state index is -1.02. The molecule has 0 saturated carbocycles. The number of anilines is 1. The molecule has 1 heterocycles. The lowest BCUT2D eigenvalue weighted by molar-refractivity contribution is -0.123. The smallest absolute Gasteiger partial charge is 0.348 e. The fourth-order valence-corrected chi connectivity index (χ4v) is 3.90. The van der Waals surface area contributed by atoms with E-state index in [4.69, 9.17) is 0 Å². The Morgan fingerprint density at radius 3 is 2.48 bits per heavy atom. The second kappa shape index (κ2) is 8.31. The first-order chi connectivity index (χ1) is 12.5. The van der Waals surface area contributed by atoms with Gasteiger partial charge in [0.25, 0.3) is 0 Å². The fourth-order valence-electron chi connectivity index (χ4n) is 3.06. The number of carboxylic acids is 1. The molecule has 27 heavy (non-hydrogen) atoms. The summed E-state index contributed by atoms with van der Waals surface area (Å²) in [7, 11) is 0. The van der Waals surface area contributed by atoms with Gasteiger partial charge in [-0.3, -0.25) is 4.79 Å². The van der Waals surface area contributed by atoms with Gasteiger partial charge in [-0.1, -0.05) is 23.5 Å². The highest BCUT2D eigenvalue weighted by Gasteiger charge is 2.31. The van der Waals surface area contributed by atoms with Gasteiger partial charge in [0.05, 0.1) is 10.6 Å². The summed E-state index contributed by atoms with van der Waals surface area (Å²) in [6, 6.07) is 1.63. The molecule has 4 nitrogen and oxygen atoms in total. The van der Waals surface area contributed by atoms with Crippen molar-refractivity contribution >= 4 is 28.9 Å². The number of thiophene rings is 1. The van der Waals surface area contributed by atoms with E-state index in [-0.39, 0.29) is 28.2 Å². The Morgan fingerprint density at radius 1 is 1.33 bits per heavy atom. The molecule has 0 bridgehead atoms. The minimum absolute atomic E-state index is 0.00406. The maximum absolute atomic E-state index is 13.2. The first-order valence-corrected chi connectivity index (χ1v) is 10.2. The second-order valence-electron chi connectivity index (χ2n) is 8.45. The van der Waals surface area contributed by atoms with Crippen LogP contribution < -0.4 is 4.90 Å². The number of nitrogens with zero attached hydrogens (tertiary/aromatic N) is 1. The molecular weight excluding hydrogens is 358 g/mol. The number of carbonyl (C=O) groups excluding carboxylic acids is 1. The molecule has 2 rings (SSSR count). The number of carboxylic acid groups (broad SMARTS) is 1. The van der Waals surface area contributed by atoms with Crippen LogP contribution in [-0.2, 0) is 4.79 Å². The maximum atomic E-state index is 13.2. The summed E-state index contributed by atoms with van der Waals surface area (Å²) in [5.74, 6) is 5.11. The molecule has 0 aromatic carbocycles. The Morgan fingerprint density at radius 2 is 2.00 bits per heavy atom. The Kier molecular flexibility index (Phi) is 6.54. The van der Waals surface area contributed by atoms with Gasteiger partial charge in [-0.25, -0.2) is 4.79 Å². The molecule has 1 aliphatic rings. The Hall–Kier alpha value is -2.06. The molecule has 1 unspecified atom stereocenters. The van der Waals surface area contributed by atoms with E-state index in [0.29, 0.717) is 10.6 Å². The van der Waals surface area contributed by atoms with Gasteiger partial charge >= 0.3 is 5.97 Å². The average molecular weight is 388 g/mol. The van der Waals surface area contributed by atoms with E-state index in [1.54, 1.807) is 11.0 Å². The summed E-state index contributed by atoms with van der Waals surface area (Å²) < 4.78 is 0. The zero-order valence-electron chi connectivity index (χ0n) is 17.0. The van der Waals surface area contributed by atoms with Crippen LogP contribution in [0, 0.1) is 23.2 Å². The third-order valence-corrected chi connectivity index (χ3v) is 5.50. The van der Waals surface area contributed by atoms with Gasteiger partial charge in [-0.2, -0.15) is 0 Å². The monoisotopic (exact) mass is 387 g/mol. The maximum Gasteiger partial charge on any atom is 0.348 e. The van der Waals surface area contributed by atoms with Crippen molar-refractivity contribution < 1.29 is 14.7 Å². The van der Waals surface area contributed by atoms with Crippen molar-refractivity contribution in [1.82, 2.24) is 0 Å². The van der Waals surface area contributed by atoms with Crippen LogP contribution in [0.1, 0.15) is 75.4 Å². The molecule has 5 heteroatoms. The van der Waals surface area contributed by atoms with Gasteiger partial charge < -0.3 is 10.0 Å². The molecule has 0 aliphatic heterocycles. The van der Waals surface area contributed by atoms with Crippen LogP contribution in [0.5, 0.6) is 0 Å². The van der Waals surface area contributed by atoms with Crippen molar-refractivity contribution in [1.29, 1.82) is 0 Å². The molecule has 1 aromatic rings. The van der Waals surface area contributed by atoms with Crippen molar-refractivity contribution in [2.45, 2.75) is 66.8 Å². The summed E-state index contributed by atoms with van der Waals surface area (Å²) in [5.41, 5.74) is 1.61. The first kappa shape index (κ1) is 21.2. The third-order valence-electron chi connectivity index (χ3n) is 4.47. The Labute approximate surface area is 166 Å². The number of aromatic carboxylic acids is 1. The normalized spacial score (nSPS) is 17.1. The lowest BCUT2D eigenvalue weighted by atomic mass is 9.89. The van der Waals surface area contributed by atoms with Gasteiger partial charge in [0, 0.05) is 17.4 Å². The summed E-state index contributed by atoms with van der Waals surface area (Å²) in [6.45, 7) is 12.0. The van der Waals surface area contributed by atoms with Gasteiger partial charge in [-0.05, 0) is 66.9 Å². The van der Waals surface area contributed by atoms with Crippen molar-refractivity contribution in [2.24, 2.45) is 11.3 Å². The number of amides is 1. The van der Waals surface area contributed by atoms with Crippen molar-refractivity contribution in [3.63, 3.8) is 0 Å². The molecule has 1 aromatic heterocycles. The van der Waals surface area contributed by atoms with Crippen molar-refractivity contribution in [2.75, 3.05) is 4.90 Å². The lowest BCUT2D eigenvalue weighted by Gasteiger charge is -2.31. The number of carbonyl (C=O) groups is 2. The van der Waals surface area contributed by atoms with Crippen molar-refractivity contribution in [3.05, 3.63) is 27.5 Å². The number of hydrogen-bond donors (Lipinski definition) is 1. The topological polar surface area (TPSA) is 57.6 Å². The zero-order valence-corrected chi connectivity index (χ0v) is 17.9. The molecule has 0 spiro atoms. The highest BCUT2D eigenvalue weighted by molar-refractivity contribution is 7.15. The van der Waals surface area contributed by atoms with Crippen molar-refractivity contribution in [3.8, 4) is 11.8 Å². The van der Waals surface area contributed by atoms with Gasteiger partial charge in [0.15, 0.2) is 0 Å². The molecule has 0 fully saturated rings. The number of hydrogen-bond acceptors (Lipinski definition) is 3. The highest BCUT2D eigenvalue weighted by Crippen LogP contribution is 2.35. The predicted octanol–water partition coefficient (Wildman–Crippen LogP) is 5.33. The second-order valence-corrected chi connectivity index (χ2v) is 9.51.